The summed E-state index contributed by atoms with van der Waals surface area (Å²) in [5.41, 5.74) is 3.39. The number of amides is 1. The Morgan fingerprint density at radius 3 is 2.69 bits per heavy atom. The number of nitrogens with zero attached hydrogens (tertiary/aromatic N) is 3. The number of fused-ring (bicyclic) bond motifs is 1. The zero-order valence-electron chi connectivity index (χ0n) is 17.7. The number of aryl methyl sites for hydroxylation is 3. The number of anilines is 1. The summed E-state index contributed by atoms with van der Waals surface area (Å²) in [6.45, 7) is 10.2. The molecule has 0 aromatic carbocycles. The standard InChI is InChI=1S/C20H27N5O2S2/c1-7-10(2)8-14-13(5)29-19-16(14)18(27)22-20(23-19)28-9-15(26)21-17-11(3)24-25(6)12(17)4/h10H,7-9H2,1-6H3,(H,21,26)(H,22,23,27). The molecule has 0 radical (unpaired) electrons. The minimum Gasteiger partial charge on any atom is -0.322 e. The number of hydrogen-bond acceptors (Lipinski definition) is 6. The number of nitrogens with one attached hydrogen (secondary N) is 2. The molecule has 0 aliphatic carbocycles. The van der Waals surface area contributed by atoms with Gasteiger partial charge < -0.3 is 10.3 Å². The molecule has 0 aliphatic rings. The highest BCUT2D eigenvalue weighted by molar-refractivity contribution is 7.99. The first-order valence-corrected chi connectivity index (χ1v) is 11.5. The quantitative estimate of drug-likeness (QED) is 0.435. The molecule has 29 heavy (non-hydrogen) atoms. The average Bonchev–Trinajstić information content (AvgIpc) is 3.10. The SMILES string of the molecule is CCC(C)Cc1c(C)sc2nc(SCC(=O)Nc3c(C)nn(C)c3C)[nH]c(=O)c12. The molecule has 3 aromatic rings. The Hall–Kier alpha value is -2.13. The third-order valence-electron chi connectivity index (χ3n) is 5.20. The van der Waals surface area contributed by atoms with Crippen LogP contribution in [0.3, 0.4) is 0 Å². The number of thioether (sulfide) groups is 1. The molecule has 9 heteroatoms. The topological polar surface area (TPSA) is 92.7 Å². The van der Waals surface area contributed by atoms with Gasteiger partial charge in [0.25, 0.3) is 5.56 Å². The van der Waals surface area contributed by atoms with Crippen molar-refractivity contribution in [2.24, 2.45) is 13.0 Å². The molecule has 2 N–H and O–H groups in total. The first-order valence-electron chi connectivity index (χ1n) is 9.66. The molecule has 7 nitrogen and oxygen atoms in total. The maximum atomic E-state index is 12.7. The van der Waals surface area contributed by atoms with Crippen molar-refractivity contribution in [1.29, 1.82) is 0 Å². The van der Waals surface area contributed by atoms with Crippen molar-refractivity contribution in [3.8, 4) is 0 Å². The van der Waals surface area contributed by atoms with Crippen molar-refractivity contribution in [1.82, 2.24) is 19.7 Å². The van der Waals surface area contributed by atoms with Gasteiger partial charge in [0.05, 0.1) is 28.2 Å². The minimum atomic E-state index is -0.156. The molecule has 0 fully saturated rings. The maximum Gasteiger partial charge on any atom is 0.260 e. The van der Waals surface area contributed by atoms with Gasteiger partial charge in [0.15, 0.2) is 5.16 Å². The molecule has 156 valence electrons. The summed E-state index contributed by atoms with van der Waals surface area (Å²) in [5.74, 6) is 0.520. The summed E-state index contributed by atoms with van der Waals surface area (Å²) in [7, 11) is 1.84. The molecule has 0 spiro atoms. The van der Waals surface area contributed by atoms with E-state index in [0.29, 0.717) is 16.5 Å². The van der Waals surface area contributed by atoms with E-state index in [1.807, 2.05) is 27.8 Å². The lowest BCUT2D eigenvalue weighted by molar-refractivity contribution is -0.113. The Labute approximate surface area is 178 Å². The van der Waals surface area contributed by atoms with Gasteiger partial charge in [-0.2, -0.15) is 5.10 Å². The number of carbonyl (C=O) groups excluding carboxylic acids is 1. The van der Waals surface area contributed by atoms with E-state index in [1.165, 1.54) is 11.8 Å². The summed E-state index contributed by atoms with van der Waals surface area (Å²) in [6, 6.07) is 0. The number of H-pyrrole nitrogens is 1. The van der Waals surface area contributed by atoms with E-state index in [2.05, 4.69) is 34.2 Å². The van der Waals surface area contributed by atoms with Gasteiger partial charge in [0.1, 0.15) is 4.83 Å². The molecule has 1 unspecified atom stereocenters. The highest BCUT2D eigenvalue weighted by Crippen LogP contribution is 2.30. The van der Waals surface area contributed by atoms with E-state index >= 15 is 0 Å². The van der Waals surface area contributed by atoms with Gasteiger partial charge in [0.2, 0.25) is 5.91 Å². The van der Waals surface area contributed by atoms with Crippen LogP contribution in [0.4, 0.5) is 5.69 Å². The van der Waals surface area contributed by atoms with Gasteiger partial charge in [-0.1, -0.05) is 32.0 Å². The number of aromatic nitrogens is 4. The lowest BCUT2D eigenvalue weighted by Crippen LogP contribution is -2.16. The van der Waals surface area contributed by atoms with Crippen LogP contribution in [0.2, 0.25) is 0 Å². The number of thiophene rings is 1. The van der Waals surface area contributed by atoms with Crippen LogP contribution in [-0.2, 0) is 18.3 Å². The van der Waals surface area contributed by atoms with Crippen LogP contribution in [0.25, 0.3) is 10.2 Å². The fraction of sp³-hybridized carbons (Fsp3) is 0.500. The van der Waals surface area contributed by atoms with Gasteiger partial charge >= 0.3 is 0 Å². The van der Waals surface area contributed by atoms with E-state index in [1.54, 1.807) is 16.0 Å². The van der Waals surface area contributed by atoms with Crippen molar-refractivity contribution >= 4 is 44.9 Å². The van der Waals surface area contributed by atoms with E-state index in [4.69, 9.17) is 0 Å². The van der Waals surface area contributed by atoms with Crippen LogP contribution < -0.4 is 10.9 Å². The molecule has 0 saturated heterocycles. The second-order valence-corrected chi connectivity index (χ2v) is 9.58. The average molecular weight is 434 g/mol. The highest BCUT2D eigenvalue weighted by Gasteiger charge is 2.18. The lowest BCUT2D eigenvalue weighted by atomic mass is 9.98. The Morgan fingerprint density at radius 1 is 1.34 bits per heavy atom. The molecule has 3 aromatic heterocycles. The molecule has 3 rings (SSSR count). The third-order valence-corrected chi connectivity index (χ3v) is 7.12. The van der Waals surface area contributed by atoms with Crippen LogP contribution >= 0.6 is 23.1 Å². The Kier molecular flexibility index (Phi) is 6.48. The number of aromatic amines is 1. The lowest BCUT2D eigenvalue weighted by Gasteiger charge is -2.08. The van der Waals surface area contributed by atoms with Gasteiger partial charge in [-0.3, -0.25) is 14.3 Å². The van der Waals surface area contributed by atoms with Crippen LogP contribution in [0, 0.1) is 26.7 Å². The molecule has 1 amide bonds. The normalized spacial score (nSPS) is 12.5. The predicted octanol–water partition coefficient (Wildman–Crippen LogP) is 3.96. The monoisotopic (exact) mass is 433 g/mol. The van der Waals surface area contributed by atoms with Crippen molar-refractivity contribution in [3.05, 3.63) is 32.2 Å². The van der Waals surface area contributed by atoms with Crippen molar-refractivity contribution in [2.75, 3.05) is 11.1 Å². The van der Waals surface area contributed by atoms with Crippen molar-refractivity contribution < 1.29 is 4.79 Å². The molecule has 0 bridgehead atoms. The van der Waals surface area contributed by atoms with Gasteiger partial charge in [-0.25, -0.2) is 4.98 Å². The summed E-state index contributed by atoms with van der Waals surface area (Å²) < 4.78 is 1.74. The molecular weight excluding hydrogens is 406 g/mol. The van der Waals surface area contributed by atoms with E-state index in [9.17, 15) is 9.59 Å². The number of rotatable bonds is 7. The van der Waals surface area contributed by atoms with Crippen LogP contribution in [-0.4, -0.2) is 31.4 Å². The summed E-state index contributed by atoms with van der Waals surface area (Å²) >= 11 is 2.78. The number of carbonyl (C=O) groups is 1. The van der Waals surface area contributed by atoms with Crippen LogP contribution in [0.5, 0.6) is 0 Å². The summed E-state index contributed by atoms with van der Waals surface area (Å²) in [4.78, 5) is 34.4. The minimum absolute atomic E-state index is 0.125. The summed E-state index contributed by atoms with van der Waals surface area (Å²) in [6.07, 6.45) is 1.95. The zero-order valence-corrected chi connectivity index (χ0v) is 19.3. The molecular formula is C20H27N5O2S2. The van der Waals surface area contributed by atoms with Crippen LogP contribution in [0.1, 0.15) is 42.1 Å². The second-order valence-electron chi connectivity index (χ2n) is 7.41. The Morgan fingerprint density at radius 2 is 2.07 bits per heavy atom. The highest BCUT2D eigenvalue weighted by atomic mass is 32.2. The Bertz CT molecular complexity index is 1110. The van der Waals surface area contributed by atoms with Gasteiger partial charge in [0, 0.05) is 11.9 Å². The maximum absolute atomic E-state index is 12.7. The van der Waals surface area contributed by atoms with E-state index in [0.717, 1.165) is 45.2 Å². The fourth-order valence-corrected chi connectivity index (χ4v) is 5.00. The molecule has 0 aliphatic heterocycles. The second kappa shape index (κ2) is 8.71. The van der Waals surface area contributed by atoms with Crippen LogP contribution in [0.15, 0.2) is 9.95 Å². The first-order chi connectivity index (χ1) is 13.7. The van der Waals surface area contributed by atoms with Crippen molar-refractivity contribution in [3.63, 3.8) is 0 Å². The van der Waals surface area contributed by atoms with Gasteiger partial charge in [-0.05, 0) is 38.7 Å². The predicted molar refractivity (Wildman–Crippen MR) is 120 cm³/mol. The first kappa shape index (κ1) is 21.6. The molecule has 1 atom stereocenters. The number of hydrogen-bond donors (Lipinski definition) is 2. The third kappa shape index (κ3) is 4.56. The fourth-order valence-electron chi connectivity index (χ4n) is 3.23. The largest absolute Gasteiger partial charge is 0.322 e. The molecule has 3 heterocycles. The zero-order chi connectivity index (χ0) is 21.3. The van der Waals surface area contributed by atoms with E-state index < -0.39 is 0 Å². The van der Waals surface area contributed by atoms with Crippen molar-refractivity contribution in [2.45, 2.75) is 52.6 Å². The smallest absolute Gasteiger partial charge is 0.260 e. The van der Waals surface area contributed by atoms with E-state index in [-0.39, 0.29) is 17.2 Å². The summed E-state index contributed by atoms with van der Waals surface area (Å²) in [5, 5.41) is 8.37. The molecule has 0 saturated carbocycles. The Balaban J connectivity index is 1.75. The van der Waals surface area contributed by atoms with Gasteiger partial charge in [-0.15, -0.1) is 11.3 Å².